The standard InChI is InChI=1S/C13H7ClI4O2/c14-5-6-1-10(17)13(11(18)2-6)20-7-3-8(15)12(19)9(16)4-7/h1-4,19H,5H2. The highest BCUT2D eigenvalue weighted by Gasteiger charge is 2.12. The van der Waals surface area contributed by atoms with Crippen molar-refractivity contribution in [1.82, 2.24) is 0 Å². The molecule has 0 heterocycles. The third-order valence-corrected chi connectivity index (χ3v) is 5.98. The third-order valence-electron chi connectivity index (χ3n) is 2.42. The molecule has 0 aliphatic heterocycles. The van der Waals surface area contributed by atoms with E-state index >= 15 is 0 Å². The number of hydrogen-bond donors (Lipinski definition) is 1. The predicted octanol–water partition coefficient (Wildman–Crippen LogP) is 6.34. The molecule has 0 saturated carbocycles. The Morgan fingerprint density at radius 3 is 1.85 bits per heavy atom. The lowest BCUT2D eigenvalue weighted by Crippen LogP contribution is -1.94. The zero-order valence-electron chi connectivity index (χ0n) is 9.76. The molecule has 0 radical (unpaired) electrons. The summed E-state index contributed by atoms with van der Waals surface area (Å²) >= 11 is 14.5. The van der Waals surface area contributed by atoms with Gasteiger partial charge in [0.2, 0.25) is 0 Å². The maximum absolute atomic E-state index is 9.79. The highest BCUT2D eigenvalue weighted by atomic mass is 127. The van der Waals surface area contributed by atoms with E-state index < -0.39 is 0 Å². The Morgan fingerprint density at radius 1 is 0.900 bits per heavy atom. The molecule has 1 N–H and O–H groups in total. The first-order valence-corrected chi connectivity index (χ1v) is 10.2. The summed E-state index contributed by atoms with van der Waals surface area (Å²) in [5, 5.41) is 9.79. The van der Waals surface area contributed by atoms with Crippen molar-refractivity contribution in [3.63, 3.8) is 0 Å². The highest BCUT2D eigenvalue weighted by molar-refractivity contribution is 14.1. The van der Waals surface area contributed by atoms with Gasteiger partial charge >= 0.3 is 0 Å². The van der Waals surface area contributed by atoms with Gasteiger partial charge in [0.25, 0.3) is 0 Å². The van der Waals surface area contributed by atoms with Crippen molar-refractivity contribution >= 4 is 102 Å². The van der Waals surface area contributed by atoms with Crippen molar-refractivity contribution in [2.75, 3.05) is 0 Å². The van der Waals surface area contributed by atoms with Crippen LogP contribution in [-0.4, -0.2) is 5.11 Å². The summed E-state index contributed by atoms with van der Waals surface area (Å²) in [7, 11) is 0. The smallest absolute Gasteiger partial charge is 0.154 e. The molecule has 0 aliphatic carbocycles. The van der Waals surface area contributed by atoms with Crippen LogP contribution in [0, 0.1) is 14.3 Å². The molecule has 0 aliphatic rings. The van der Waals surface area contributed by atoms with Crippen molar-refractivity contribution < 1.29 is 9.84 Å². The number of halogens is 5. The fourth-order valence-electron chi connectivity index (χ4n) is 1.51. The van der Waals surface area contributed by atoms with E-state index in [1.54, 1.807) is 0 Å². The summed E-state index contributed by atoms with van der Waals surface area (Å²) in [6.45, 7) is 0. The van der Waals surface area contributed by atoms with Gasteiger partial charge in [-0.1, -0.05) is 0 Å². The van der Waals surface area contributed by atoms with Crippen LogP contribution in [0.1, 0.15) is 5.56 Å². The summed E-state index contributed by atoms with van der Waals surface area (Å²) in [6, 6.07) is 7.67. The van der Waals surface area contributed by atoms with Gasteiger partial charge in [-0.2, -0.15) is 0 Å². The molecule has 0 unspecified atom stereocenters. The Kier molecular flexibility index (Phi) is 6.76. The van der Waals surface area contributed by atoms with Gasteiger partial charge in [-0.25, -0.2) is 0 Å². The Bertz CT molecular complexity index is 615. The molecule has 2 nitrogen and oxygen atoms in total. The molecule has 0 atom stereocenters. The highest BCUT2D eigenvalue weighted by Crippen LogP contribution is 2.36. The van der Waals surface area contributed by atoms with E-state index in [0.717, 1.165) is 25.6 Å². The summed E-state index contributed by atoms with van der Waals surface area (Å²) in [5.41, 5.74) is 1.07. The maximum atomic E-state index is 9.79. The van der Waals surface area contributed by atoms with Crippen LogP contribution in [0.5, 0.6) is 17.2 Å². The molecule has 20 heavy (non-hydrogen) atoms. The van der Waals surface area contributed by atoms with Crippen molar-refractivity contribution in [3.8, 4) is 17.2 Å². The lowest BCUT2D eigenvalue weighted by Gasteiger charge is -2.12. The van der Waals surface area contributed by atoms with Crippen LogP contribution >= 0.6 is 102 Å². The summed E-state index contributed by atoms with van der Waals surface area (Å²) in [6.07, 6.45) is 0. The van der Waals surface area contributed by atoms with Crippen molar-refractivity contribution in [2.24, 2.45) is 0 Å². The minimum absolute atomic E-state index is 0.292. The number of aromatic hydroxyl groups is 1. The molecule has 0 saturated heterocycles. The zero-order chi connectivity index (χ0) is 14.9. The van der Waals surface area contributed by atoms with E-state index in [-0.39, 0.29) is 0 Å². The molecule has 0 fully saturated rings. The minimum atomic E-state index is 0.292. The number of phenols is 1. The van der Waals surface area contributed by atoms with Crippen molar-refractivity contribution in [3.05, 3.63) is 44.1 Å². The van der Waals surface area contributed by atoms with E-state index in [1.807, 2.05) is 24.3 Å². The van der Waals surface area contributed by atoms with Gasteiger partial charge in [0.1, 0.15) is 11.5 Å². The molecule has 0 spiro atoms. The second-order valence-corrected chi connectivity index (χ2v) is 8.78. The molecule has 106 valence electrons. The molecular formula is C13H7ClI4O2. The summed E-state index contributed by atoms with van der Waals surface area (Å²) < 4.78 is 9.55. The maximum Gasteiger partial charge on any atom is 0.154 e. The first-order chi connectivity index (χ1) is 9.42. The first kappa shape index (κ1) is 17.6. The second-order valence-electron chi connectivity index (χ2n) is 3.86. The molecule has 2 aromatic rings. The number of ether oxygens (including phenoxy) is 1. The van der Waals surface area contributed by atoms with Crippen LogP contribution in [0.15, 0.2) is 24.3 Å². The van der Waals surface area contributed by atoms with Gasteiger partial charge in [0.05, 0.1) is 14.3 Å². The van der Waals surface area contributed by atoms with Gasteiger partial charge in [-0.05, 0) is 120 Å². The van der Waals surface area contributed by atoms with E-state index in [4.69, 9.17) is 16.3 Å². The Labute approximate surface area is 176 Å². The van der Waals surface area contributed by atoms with Crippen molar-refractivity contribution in [1.29, 1.82) is 0 Å². The lowest BCUT2D eigenvalue weighted by molar-refractivity contribution is 0.455. The van der Waals surface area contributed by atoms with Gasteiger partial charge in [0, 0.05) is 5.88 Å². The molecular weight excluding hydrogens is 731 g/mol. The number of benzene rings is 2. The number of rotatable bonds is 3. The zero-order valence-corrected chi connectivity index (χ0v) is 19.1. The van der Waals surface area contributed by atoms with Crippen molar-refractivity contribution in [2.45, 2.75) is 5.88 Å². The molecule has 7 heteroatoms. The van der Waals surface area contributed by atoms with Crippen LogP contribution in [0.2, 0.25) is 0 Å². The van der Waals surface area contributed by atoms with E-state index in [0.29, 0.717) is 17.4 Å². The topological polar surface area (TPSA) is 29.5 Å². The van der Waals surface area contributed by atoms with E-state index in [1.165, 1.54) is 0 Å². The van der Waals surface area contributed by atoms with Gasteiger partial charge in [-0.3, -0.25) is 0 Å². The first-order valence-electron chi connectivity index (χ1n) is 5.32. The largest absolute Gasteiger partial charge is 0.506 e. The normalized spacial score (nSPS) is 10.7. The molecule has 2 rings (SSSR count). The quantitative estimate of drug-likeness (QED) is 0.295. The van der Waals surface area contributed by atoms with Gasteiger partial charge in [0.15, 0.2) is 5.75 Å². The Hall–Kier alpha value is 1.25. The van der Waals surface area contributed by atoms with E-state index in [9.17, 15) is 5.11 Å². The Balaban J connectivity index is 2.40. The number of hydrogen-bond acceptors (Lipinski definition) is 2. The van der Waals surface area contributed by atoms with Gasteiger partial charge in [-0.15, -0.1) is 11.6 Å². The third kappa shape index (κ3) is 4.16. The fraction of sp³-hybridized carbons (Fsp3) is 0.0769. The summed E-state index contributed by atoms with van der Waals surface area (Å²) in [5.74, 6) is 2.31. The van der Waals surface area contributed by atoms with Crippen LogP contribution in [-0.2, 0) is 5.88 Å². The predicted molar refractivity (Wildman–Crippen MR) is 115 cm³/mol. The second kappa shape index (κ2) is 7.68. The molecule has 0 amide bonds. The molecule has 0 bridgehead atoms. The van der Waals surface area contributed by atoms with Gasteiger partial charge < -0.3 is 9.84 Å². The molecule has 0 aromatic heterocycles. The SMILES string of the molecule is Oc1c(I)cc(Oc2c(I)cc(CCl)cc2I)cc1I. The van der Waals surface area contributed by atoms with Crippen LogP contribution in [0.3, 0.4) is 0 Å². The summed E-state index contributed by atoms with van der Waals surface area (Å²) in [4.78, 5) is 0. The lowest BCUT2D eigenvalue weighted by atomic mass is 10.2. The number of phenolic OH excluding ortho intramolecular Hbond substituents is 1. The monoisotopic (exact) mass is 738 g/mol. The average Bonchev–Trinajstić information content (AvgIpc) is 2.39. The van der Waals surface area contributed by atoms with E-state index in [2.05, 4.69) is 90.4 Å². The number of alkyl halides is 1. The average molecular weight is 738 g/mol. The Morgan fingerprint density at radius 2 is 1.40 bits per heavy atom. The fourth-order valence-corrected chi connectivity index (χ4v) is 5.49. The van der Waals surface area contributed by atoms with Crippen LogP contribution in [0.4, 0.5) is 0 Å². The van der Waals surface area contributed by atoms with Crippen LogP contribution < -0.4 is 4.74 Å². The minimum Gasteiger partial charge on any atom is -0.506 e. The molecule has 2 aromatic carbocycles. The van der Waals surface area contributed by atoms with Crippen LogP contribution in [0.25, 0.3) is 0 Å².